The molecule has 1 atom stereocenters. The van der Waals surface area contributed by atoms with Crippen LogP contribution in [0, 0.1) is 0 Å². The third-order valence-corrected chi connectivity index (χ3v) is 5.33. The fourth-order valence-corrected chi connectivity index (χ4v) is 3.68. The van der Waals surface area contributed by atoms with Crippen molar-refractivity contribution in [3.05, 3.63) is 72.1 Å². The number of halogens is 3. The molecule has 0 spiro atoms. The zero-order chi connectivity index (χ0) is 25.0. The summed E-state index contributed by atoms with van der Waals surface area (Å²) in [6.07, 6.45) is -3.70. The summed E-state index contributed by atoms with van der Waals surface area (Å²) in [5.41, 5.74) is -1.17. The molecule has 1 unspecified atom stereocenters. The number of hydrogen-bond acceptors (Lipinski definition) is 5. The van der Waals surface area contributed by atoms with Gasteiger partial charge in [-0.15, -0.1) is 0 Å². The zero-order valence-electron chi connectivity index (χ0n) is 18.8. The van der Waals surface area contributed by atoms with Gasteiger partial charge < -0.3 is 19.7 Å². The highest BCUT2D eigenvalue weighted by atomic mass is 19.4. The number of hydrogen-bond donors (Lipinski definition) is 1. The van der Waals surface area contributed by atoms with Gasteiger partial charge in [0.05, 0.1) is 24.4 Å². The lowest BCUT2D eigenvalue weighted by atomic mass is 10.2. The van der Waals surface area contributed by atoms with Crippen molar-refractivity contribution < 1.29 is 32.2 Å². The van der Waals surface area contributed by atoms with Gasteiger partial charge in [0.1, 0.15) is 11.9 Å². The maximum atomic E-state index is 13.5. The molecule has 8 nitrogen and oxygen atoms in total. The Hall–Kier alpha value is -4.02. The first-order chi connectivity index (χ1) is 16.7. The SMILES string of the molecule is CCOC(=O)N1CCC(Oc2ccc(NC(=O)c3cn(-c4ccccc4)nc3C(F)(F)F)cc2)C1. The minimum absolute atomic E-state index is 0.210. The number of para-hydroxylation sites is 1. The molecule has 0 aliphatic carbocycles. The molecule has 35 heavy (non-hydrogen) atoms. The molecule has 1 saturated heterocycles. The Kier molecular flexibility index (Phi) is 6.94. The smallest absolute Gasteiger partial charge is 0.435 e. The second-order valence-electron chi connectivity index (χ2n) is 7.82. The number of rotatable bonds is 6. The van der Waals surface area contributed by atoms with Crippen LogP contribution in [0.4, 0.5) is 23.7 Å². The van der Waals surface area contributed by atoms with Crippen LogP contribution in [0.3, 0.4) is 0 Å². The van der Waals surface area contributed by atoms with Crippen LogP contribution < -0.4 is 10.1 Å². The number of nitrogens with one attached hydrogen (secondary N) is 1. The van der Waals surface area contributed by atoms with E-state index in [-0.39, 0.29) is 12.2 Å². The van der Waals surface area contributed by atoms with Gasteiger partial charge in [0.25, 0.3) is 5.91 Å². The van der Waals surface area contributed by atoms with Crippen molar-refractivity contribution in [1.29, 1.82) is 0 Å². The highest BCUT2D eigenvalue weighted by Crippen LogP contribution is 2.32. The maximum absolute atomic E-state index is 13.5. The molecule has 3 aromatic rings. The number of ether oxygens (including phenoxy) is 2. The summed E-state index contributed by atoms with van der Waals surface area (Å²) in [5.74, 6) is -0.430. The Labute approximate surface area is 199 Å². The summed E-state index contributed by atoms with van der Waals surface area (Å²) in [4.78, 5) is 26.1. The predicted molar refractivity (Wildman–Crippen MR) is 121 cm³/mol. The summed E-state index contributed by atoms with van der Waals surface area (Å²) < 4.78 is 52.5. The van der Waals surface area contributed by atoms with E-state index in [9.17, 15) is 22.8 Å². The van der Waals surface area contributed by atoms with E-state index in [0.717, 1.165) is 10.9 Å². The van der Waals surface area contributed by atoms with E-state index < -0.39 is 23.3 Å². The summed E-state index contributed by atoms with van der Waals surface area (Å²) in [7, 11) is 0. The summed E-state index contributed by atoms with van der Waals surface area (Å²) in [6.45, 7) is 2.95. The molecule has 0 bridgehead atoms. The quantitative estimate of drug-likeness (QED) is 0.541. The van der Waals surface area contributed by atoms with Crippen LogP contribution in [-0.4, -0.2) is 52.5 Å². The van der Waals surface area contributed by atoms with Crippen molar-refractivity contribution in [2.24, 2.45) is 0 Å². The predicted octanol–water partition coefficient (Wildman–Crippen LogP) is 4.75. The molecule has 2 amide bonds. The minimum Gasteiger partial charge on any atom is -0.489 e. The van der Waals surface area contributed by atoms with Crippen LogP contribution in [0.15, 0.2) is 60.8 Å². The summed E-state index contributed by atoms with van der Waals surface area (Å²) in [5, 5.41) is 6.07. The molecule has 11 heteroatoms. The summed E-state index contributed by atoms with van der Waals surface area (Å²) >= 11 is 0. The monoisotopic (exact) mass is 488 g/mol. The largest absolute Gasteiger partial charge is 0.489 e. The van der Waals surface area contributed by atoms with E-state index in [0.29, 0.717) is 43.2 Å². The summed E-state index contributed by atoms with van der Waals surface area (Å²) in [6, 6.07) is 14.5. The molecule has 2 heterocycles. The number of carbonyl (C=O) groups is 2. The number of benzene rings is 2. The van der Waals surface area contributed by atoms with Crippen LogP contribution in [0.2, 0.25) is 0 Å². The van der Waals surface area contributed by atoms with E-state index in [1.165, 1.54) is 12.1 Å². The first-order valence-electron chi connectivity index (χ1n) is 11.0. The molecule has 1 aromatic heterocycles. The van der Waals surface area contributed by atoms with Crippen LogP contribution in [0.25, 0.3) is 5.69 Å². The lowest BCUT2D eigenvalue weighted by Gasteiger charge is -2.16. The second kappa shape index (κ2) is 10.1. The van der Waals surface area contributed by atoms with E-state index in [4.69, 9.17) is 9.47 Å². The van der Waals surface area contributed by atoms with Gasteiger partial charge in [-0.05, 0) is 43.3 Å². The lowest BCUT2D eigenvalue weighted by Crippen LogP contribution is -2.31. The number of amides is 2. The fourth-order valence-electron chi connectivity index (χ4n) is 3.68. The highest BCUT2D eigenvalue weighted by Gasteiger charge is 2.39. The van der Waals surface area contributed by atoms with Crippen molar-refractivity contribution in [3.8, 4) is 11.4 Å². The van der Waals surface area contributed by atoms with E-state index in [2.05, 4.69) is 10.4 Å². The van der Waals surface area contributed by atoms with Gasteiger partial charge in [0.15, 0.2) is 5.69 Å². The average molecular weight is 488 g/mol. The molecule has 1 aliphatic heterocycles. The number of alkyl halides is 3. The Morgan fingerprint density at radius 3 is 2.49 bits per heavy atom. The molecule has 1 aliphatic rings. The molecule has 4 rings (SSSR count). The standard InChI is InChI=1S/C24H23F3N4O4/c1-2-34-23(33)30-13-12-19(14-30)35-18-10-8-16(9-11-18)28-22(32)20-15-31(17-6-4-3-5-7-17)29-21(20)24(25,26)27/h3-11,15,19H,2,12-14H2,1H3,(H,28,32). The van der Waals surface area contributed by atoms with Crippen LogP contribution in [-0.2, 0) is 10.9 Å². The molecule has 1 N–H and O–H groups in total. The molecular weight excluding hydrogens is 465 g/mol. The second-order valence-corrected chi connectivity index (χ2v) is 7.82. The van der Waals surface area contributed by atoms with Gasteiger partial charge >= 0.3 is 12.3 Å². The molecule has 1 fully saturated rings. The normalized spacial score (nSPS) is 15.7. The molecule has 184 valence electrons. The van der Waals surface area contributed by atoms with Gasteiger partial charge in [-0.2, -0.15) is 18.3 Å². The van der Waals surface area contributed by atoms with Gasteiger partial charge in [0.2, 0.25) is 0 Å². The molecule has 2 aromatic carbocycles. The number of carbonyl (C=O) groups excluding carboxylic acids is 2. The van der Waals surface area contributed by atoms with Crippen LogP contribution >= 0.6 is 0 Å². The Bertz CT molecular complexity index is 1180. The first-order valence-corrected chi connectivity index (χ1v) is 11.0. The van der Waals surface area contributed by atoms with E-state index in [1.54, 1.807) is 54.3 Å². The fraction of sp³-hybridized carbons (Fsp3) is 0.292. The third-order valence-electron chi connectivity index (χ3n) is 5.33. The van der Waals surface area contributed by atoms with E-state index >= 15 is 0 Å². The van der Waals surface area contributed by atoms with Crippen LogP contribution in [0.1, 0.15) is 29.4 Å². The number of nitrogens with zero attached hydrogens (tertiary/aromatic N) is 3. The molecule has 0 saturated carbocycles. The van der Waals surface area contributed by atoms with Crippen molar-refractivity contribution in [2.45, 2.75) is 25.6 Å². The Morgan fingerprint density at radius 1 is 1.11 bits per heavy atom. The number of aromatic nitrogens is 2. The van der Waals surface area contributed by atoms with Crippen LogP contribution in [0.5, 0.6) is 5.75 Å². The van der Waals surface area contributed by atoms with Crippen molar-refractivity contribution in [2.75, 3.05) is 25.0 Å². The van der Waals surface area contributed by atoms with Gasteiger partial charge in [-0.3, -0.25) is 4.79 Å². The van der Waals surface area contributed by atoms with Crippen molar-refractivity contribution in [3.63, 3.8) is 0 Å². The maximum Gasteiger partial charge on any atom is 0.435 e. The Balaban J connectivity index is 1.42. The van der Waals surface area contributed by atoms with Crippen molar-refractivity contribution in [1.82, 2.24) is 14.7 Å². The lowest BCUT2D eigenvalue weighted by molar-refractivity contribution is -0.141. The highest BCUT2D eigenvalue weighted by molar-refractivity contribution is 6.05. The van der Waals surface area contributed by atoms with Crippen molar-refractivity contribution >= 4 is 17.7 Å². The number of anilines is 1. The topological polar surface area (TPSA) is 85.7 Å². The minimum atomic E-state index is -4.80. The Morgan fingerprint density at radius 2 is 1.83 bits per heavy atom. The first kappa shape index (κ1) is 24.1. The van der Waals surface area contributed by atoms with Gasteiger partial charge in [0, 0.05) is 24.8 Å². The van der Waals surface area contributed by atoms with Gasteiger partial charge in [-0.1, -0.05) is 18.2 Å². The average Bonchev–Trinajstić information content (AvgIpc) is 3.49. The van der Waals surface area contributed by atoms with Gasteiger partial charge in [-0.25, -0.2) is 9.48 Å². The molecular formula is C24H23F3N4O4. The van der Waals surface area contributed by atoms with E-state index in [1.807, 2.05) is 0 Å². The zero-order valence-corrected chi connectivity index (χ0v) is 18.8. The third kappa shape index (κ3) is 5.73. The molecule has 0 radical (unpaired) electrons. The number of likely N-dealkylation sites (tertiary alicyclic amines) is 1.